The van der Waals surface area contributed by atoms with E-state index in [-0.39, 0.29) is 4.90 Å². The molecule has 0 unspecified atom stereocenters. The van der Waals surface area contributed by atoms with Crippen LogP contribution < -0.4 is 4.72 Å². The third kappa shape index (κ3) is 2.85. The van der Waals surface area contributed by atoms with Crippen LogP contribution in [0.2, 0.25) is 5.02 Å². The molecule has 1 N–H and O–H groups in total. The molecule has 1 aromatic carbocycles. The Morgan fingerprint density at radius 3 is 2.72 bits per heavy atom. The quantitative estimate of drug-likeness (QED) is 0.925. The lowest BCUT2D eigenvalue weighted by molar-refractivity contribution is 0.601. The summed E-state index contributed by atoms with van der Waals surface area (Å²) >= 11 is 9.13. The van der Waals surface area contributed by atoms with Crippen molar-refractivity contribution in [1.29, 1.82) is 0 Å². The van der Waals surface area contributed by atoms with E-state index in [0.29, 0.717) is 15.2 Å². The minimum absolute atomic E-state index is 0.101. The summed E-state index contributed by atoms with van der Waals surface area (Å²) in [5.74, 6) is 0. The molecule has 0 radical (unpaired) electrons. The number of rotatable bonds is 3. The Kier molecular flexibility index (Phi) is 3.65. The van der Waals surface area contributed by atoms with E-state index in [1.54, 1.807) is 19.2 Å². The first kappa shape index (κ1) is 13.4. The first-order valence-corrected chi connectivity index (χ1v) is 7.50. The Bertz CT molecular complexity index is 684. The molecular weight excluding hydrogens is 342 g/mol. The van der Waals surface area contributed by atoms with E-state index in [2.05, 4.69) is 25.8 Å². The zero-order valence-corrected chi connectivity index (χ0v) is 12.4. The number of aryl methyl sites for hydroxylation is 1. The zero-order chi connectivity index (χ0) is 13.3. The van der Waals surface area contributed by atoms with Crippen molar-refractivity contribution in [3.63, 3.8) is 0 Å². The maximum Gasteiger partial charge on any atom is 0.265 e. The fourth-order valence-corrected chi connectivity index (χ4v) is 2.77. The highest BCUT2D eigenvalue weighted by Crippen LogP contribution is 2.26. The summed E-state index contributed by atoms with van der Waals surface area (Å²) in [5.41, 5.74) is 0.395. The number of nitrogens with one attached hydrogen (secondary N) is 1. The molecule has 0 amide bonds. The van der Waals surface area contributed by atoms with Gasteiger partial charge in [0.05, 0.1) is 16.9 Å². The lowest BCUT2D eigenvalue weighted by atomic mass is 10.3. The molecule has 0 saturated heterocycles. The lowest BCUT2D eigenvalue weighted by Gasteiger charge is -2.07. The summed E-state index contributed by atoms with van der Waals surface area (Å²) in [5, 5.41) is 4.25. The van der Waals surface area contributed by atoms with E-state index in [0.717, 1.165) is 0 Å². The van der Waals surface area contributed by atoms with E-state index in [1.807, 2.05) is 0 Å². The summed E-state index contributed by atoms with van der Waals surface area (Å²) in [6, 6.07) is 4.81. The predicted octanol–water partition coefficient (Wildman–Crippen LogP) is 2.64. The van der Waals surface area contributed by atoms with Crippen LogP contribution in [0.1, 0.15) is 0 Å². The normalized spacial score (nSPS) is 11.5. The van der Waals surface area contributed by atoms with Gasteiger partial charge in [-0.1, -0.05) is 11.6 Å². The number of anilines is 1. The third-order valence-corrected chi connectivity index (χ3v) is 4.73. The Labute approximate surface area is 118 Å². The summed E-state index contributed by atoms with van der Waals surface area (Å²) in [6.45, 7) is 0. The molecule has 0 aliphatic rings. The van der Waals surface area contributed by atoms with E-state index >= 15 is 0 Å². The standard InChI is InChI=1S/C10H9BrClN3O2S/c1-15-6-8(5-13-15)18(16,17)14-7-2-3-9(11)10(12)4-7/h2-6,14H,1H3. The summed E-state index contributed by atoms with van der Waals surface area (Å²) < 4.78 is 28.5. The minimum Gasteiger partial charge on any atom is -0.279 e. The van der Waals surface area contributed by atoms with Crippen molar-refractivity contribution in [2.24, 2.45) is 7.05 Å². The number of sulfonamides is 1. The molecule has 0 aliphatic carbocycles. The number of hydrogen-bond acceptors (Lipinski definition) is 3. The molecule has 18 heavy (non-hydrogen) atoms. The fourth-order valence-electron chi connectivity index (χ4n) is 1.31. The van der Waals surface area contributed by atoms with Gasteiger partial charge in [0.15, 0.2) is 0 Å². The average Bonchev–Trinajstić information content (AvgIpc) is 2.71. The first-order valence-electron chi connectivity index (χ1n) is 4.85. The van der Waals surface area contributed by atoms with E-state index in [4.69, 9.17) is 11.6 Å². The van der Waals surface area contributed by atoms with E-state index in [1.165, 1.54) is 23.1 Å². The van der Waals surface area contributed by atoms with Crippen LogP contribution in [-0.2, 0) is 17.1 Å². The van der Waals surface area contributed by atoms with Gasteiger partial charge in [0.25, 0.3) is 10.0 Å². The molecule has 1 aromatic heterocycles. The number of aromatic nitrogens is 2. The van der Waals surface area contributed by atoms with E-state index in [9.17, 15) is 8.42 Å². The molecule has 96 valence electrons. The highest BCUT2D eigenvalue weighted by molar-refractivity contribution is 9.10. The molecule has 8 heteroatoms. The topological polar surface area (TPSA) is 64.0 Å². The molecule has 0 aliphatic heterocycles. The molecule has 5 nitrogen and oxygen atoms in total. The summed E-state index contributed by atoms with van der Waals surface area (Å²) in [7, 11) is -1.98. The van der Waals surface area contributed by atoms with Crippen molar-refractivity contribution in [3.05, 3.63) is 40.1 Å². The average molecular weight is 351 g/mol. The van der Waals surface area contributed by atoms with Crippen LogP contribution in [0.4, 0.5) is 5.69 Å². The smallest absolute Gasteiger partial charge is 0.265 e. The van der Waals surface area contributed by atoms with Crippen LogP contribution in [0.3, 0.4) is 0 Å². The molecule has 1 heterocycles. The highest BCUT2D eigenvalue weighted by atomic mass is 79.9. The maximum atomic E-state index is 12.0. The molecule has 2 aromatic rings. The van der Waals surface area contributed by atoms with Gasteiger partial charge in [-0.15, -0.1) is 0 Å². The van der Waals surface area contributed by atoms with Crippen molar-refractivity contribution < 1.29 is 8.42 Å². The van der Waals surface area contributed by atoms with Gasteiger partial charge in [-0.25, -0.2) is 8.42 Å². The SMILES string of the molecule is Cn1cc(S(=O)(=O)Nc2ccc(Br)c(Cl)c2)cn1. The first-order chi connectivity index (χ1) is 8.38. The molecule has 0 fully saturated rings. The van der Waals surface area contributed by atoms with Gasteiger partial charge in [-0.3, -0.25) is 9.40 Å². The summed E-state index contributed by atoms with van der Waals surface area (Å²) in [4.78, 5) is 0.101. The molecule has 2 rings (SSSR count). The van der Waals surface area contributed by atoms with Gasteiger partial charge in [0, 0.05) is 17.7 Å². The van der Waals surface area contributed by atoms with Crippen LogP contribution >= 0.6 is 27.5 Å². The number of halogens is 2. The van der Waals surface area contributed by atoms with Gasteiger partial charge in [-0.05, 0) is 34.1 Å². The Hall–Kier alpha value is -1.05. The second kappa shape index (κ2) is 4.91. The number of hydrogen-bond donors (Lipinski definition) is 1. The molecule has 0 bridgehead atoms. The zero-order valence-electron chi connectivity index (χ0n) is 9.26. The van der Waals surface area contributed by atoms with Crippen LogP contribution in [0.25, 0.3) is 0 Å². The fraction of sp³-hybridized carbons (Fsp3) is 0.100. The largest absolute Gasteiger partial charge is 0.279 e. The minimum atomic E-state index is -3.63. The van der Waals surface area contributed by atoms with Gasteiger partial charge in [0.1, 0.15) is 4.90 Å². The monoisotopic (exact) mass is 349 g/mol. The van der Waals surface area contributed by atoms with Gasteiger partial charge in [-0.2, -0.15) is 5.10 Å². The Morgan fingerprint density at radius 1 is 1.44 bits per heavy atom. The third-order valence-electron chi connectivity index (χ3n) is 2.16. The van der Waals surface area contributed by atoms with Crippen LogP contribution in [0.5, 0.6) is 0 Å². The van der Waals surface area contributed by atoms with Crippen LogP contribution in [0, 0.1) is 0 Å². The van der Waals surface area contributed by atoms with Gasteiger partial charge in [0.2, 0.25) is 0 Å². The number of nitrogens with zero attached hydrogens (tertiary/aromatic N) is 2. The van der Waals surface area contributed by atoms with Gasteiger partial charge < -0.3 is 0 Å². The Morgan fingerprint density at radius 2 is 2.17 bits per heavy atom. The predicted molar refractivity (Wildman–Crippen MR) is 73.2 cm³/mol. The second-order valence-electron chi connectivity index (χ2n) is 3.58. The van der Waals surface area contributed by atoms with Gasteiger partial charge >= 0.3 is 0 Å². The molecule has 0 atom stereocenters. The lowest BCUT2D eigenvalue weighted by Crippen LogP contribution is -2.12. The van der Waals surface area contributed by atoms with Crippen LogP contribution in [-0.4, -0.2) is 18.2 Å². The maximum absolute atomic E-state index is 12.0. The second-order valence-corrected chi connectivity index (χ2v) is 6.53. The molecular formula is C10H9BrClN3O2S. The Balaban J connectivity index is 2.30. The van der Waals surface area contributed by atoms with Crippen molar-refractivity contribution in [2.75, 3.05) is 4.72 Å². The van der Waals surface area contributed by atoms with Crippen molar-refractivity contribution in [1.82, 2.24) is 9.78 Å². The van der Waals surface area contributed by atoms with Crippen molar-refractivity contribution in [2.45, 2.75) is 4.90 Å². The highest BCUT2D eigenvalue weighted by Gasteiger charge is 2.16. The van der Waals surface area contributed by atoms with Crippen molar-refractivity contribution >= 4 is 43.2 Å². The summed E-state index contributed by atoms with van der Waals surface area (Å²) in [6.07, 6.45) is 2.70. The van der Waals surface area contributed by atoms with Crippen molar-refractivity contribution in [3.8, 4) is 0 Å². The molecule has 0 spiro atoms. The molecule has 0 saturated carbocycles. The van der Waals surface area contributed by atoms with E-state index < -0.39 is 10.0 Å². The number of benzene rings is 1. The van der Waals surface area contributed by atoms with Crippen LogP contribution in [0.15, 0.2) is 40.0 Å².